The minimum Gasteiger partial charge on any atom is -0.497 e. The van der Waals surface area contributed by atoms with E-state index in [4.69, 9.17) is 9.72 Å². The Hall–Kier alpha value is -2.15. The number of methoxy groups -OCH3 is 1. The lowest BCUT2D eigenvalue weighted by Crippen LogP contribution is -2.38. The molecule has 0 unspecified atom stereocenters. The van der Waals surface area contributed by atoms with Crippen LogP contribution in [0.1, 0.15) is 76.1 Å². The maximum atomic E-state index is 12.1. The number of nitrogens with one attached hydrogen (secondary N) is 1. The largest absolute Gasteiger partial charge is 0.497 e. The van der Waals surface area contributed by atoms with Crippen LogP contribution in [0.2, 0.25) is 0 Å². The zero-order valence-electron chi connectivity index (χ0n) is 19.6. The molecule has 7 heteroatoms. The third-order valence-electron chi connectivity index (χ3n) is 6.18. The molecule has 0 spiro atoms. The fraction of sp³-hybridized carbons (Fsp3) is 0.640. The van der Waals surface area contributed by atoms with Crippen molar-refractivity contribution < 1.29 is 9.53 Å². The second kappa shape index (κ2) is 13.4. The number of aromatic nitrogens is 2. The Balaban J connectivity index is 1.34. The molecule has 0 saturated carbocycles. The van der Waals surface area contributed by atoms with Gasteiger partial charge in [0.15, 0.2) is 0 Å². The van der Waals surface area contributed by atoms with E-state index < -0.39 is 0 Å². The molecule has 6 nitrogen and oxygen atoms in total. The number of benzene rings is 1. The van der Waals surface area contributed by atoms with Crippen molar-refractivity contribution in [1.29, 1.82) is 0 Å². The first kappa shape index (κ1) is 24.5. The molecule has 32 heavy (non-hydrogen) atoms. The van der Waals surface area contributed by atoms with E-state index >= 15 is 0 Å². The van der Waals surface area contributed by atoms with Crippen molar-refractivity contribution in [3.8, 4) is 5.75 Å². The van der Waals surface area contributed by atoms with Gasteiger partial charge < -0.3 is 15.0 Å². The van der Waals surface area contributed by atoms with Crippen molar-refractivity contribution in [3.63, 3.8) is 0 Å². The van der Waals surface area contributed by atoms with E-state index in [1.807, 2.05) is 18.2 Å². The van der Waals surface area contributed by atoms with Gasteiger partial charge in [-0.1, -0.05) is 51.2 Å². The van der Waals surface area contributed by atoms with Crippen molar-refractivity contribution in [2.75, 3.05) is 31.6 Å². The molecule has 1 aromatic heterocycles. The van der Waals surface area contributed by atoms with Crippen LogP contribution in [0.15, 0.2) is 24.3 Å². The van der Waals surface area contributed by atoms with Crippen LogP contribution < -0.4 is 15.0 Å². The minimum atomic E-state index is 0.217. The second-order valence-corrected chi connectivity index (χ2v) is 9.50. The van der Waals surface area contributed by atoms with E-state index in [2.05, 4.69) is 27.6 Å². The van der Waals surface area contributed by atoms with Gasteiger partial charge in [-0.3, -0.25) is 4.79 Å². The van der Waals surface area contributed by atoms with Gasteiger partial charge in [-0.05, 0) is 42.9 Å². The SMILES string of the molecule is CCCCCCCCC(=O)NCC1CCN(c2nc(Cc3cccc(OC)c3)ns2)CC1. The molecule has 176 valence electrons. The number of piperidine rings is 1. The average Bonchev–Trinajstić information content (AvgIpc) is 3.29. The molecular weight excluding hydrogens is 420 g/mol. The standard InChI is InChI=1S/C25H38N4O2S/c1-3-4-5-6-7-8-12-24(30)26-19-20-13-15-29(16-14-20)25-27-23(28-32-25)18-21-10-9-11-22(17-21)31-2/h9-11,17,20H,3-8,12-16,18-19H2,1-2H3,(H,26,30). The molecule has 0 atom stereocenters. The first-order chi connectivity index (χ1) is 15.7. The molecule has 0 bridgehead atoms. The quantitative estimate of drug-likeness (QED) is 0.417. The summed E-state index contributed by atoms with van der Waals surface area (Å²) in [5.41, 5.74) is 1.16. The molecule has 2 heterocycles. The Labute approximate surface area is 196 Å². The fourth-order valence-corrected chi connectivity index (χ4v) is 4.89. The molecule has 0 radical (unpaired) electrons. The smallest absolute Gasteiger partial charge is 0.220 e. The second-order valence-electron chi connectivity index (χ2n) is 8.77. The van der Waals surface area contributed by atoms with Crippen LogP contribution in [-0.4, -0.2) is 42.0 Å². The average molecular weight is 459 g/mol. The normalized spacial score (nSPS) is 14.5. The van der Waals surface area contributed by atoms with Crippen LogP contribution in [0.3, 0.4) is 0 Å². The summed E-state index contributed by atoms with van der Waals surface area (Å²) in [5, 5.41) is 4.16. The number of anilines is 1. The maximum Gasteiger partial charge on any atom is 0.220 e. The molecular formula is C25H38N4O2S. The van der Waals surface area contributed by atoms with Gasteiger partial charge in [0, 0.05) is 44.0 Å². The van der Waals surface area contributed by atoms with Gasteiger partial charge in [0.05, 0.1) is 7.11 Å². The summed E-state index contributed by atoms with van der Waals surface area (Å²) >= 11 is 1.48. The number of unbranched alkanes of at least 4 members (excludes halogenated alkanes) is 5. The first-order valence-corrected chi connectivity index (χ1v) is 12.9. The van der Waals surface area contributed by atoms with E-state index in [1.54, 1.807) is 7.11 Å². The lowest BCUT2D eigenvalue weighted by molar-refractivity contribution is -0.121. The summed E-state index contributed by atoms with van der Waals surface area (Å²) in [6.45, 7) is 4.99. The number of carbonyl (C=O) groups excluding carboxylic acids is 1. The molecule has 1 fully saturated rings. The summed E-state index contributed by atoms with van der Waals surface area (Å²) in [4.78, 5) is 19.2. The topological polar surface area (TPSA) is 67.4 Å². The fourth-order valence-electron chi connectivity index (χ4n) is 4.15. The number of ether oxygens (including phenoxy) is 1. The van der Waals surface area contributed by atoms with Crippen molar-refractivity contribution in [2.24, 2.45) is 5.92 Å². The Bertz CT molecular complexity index is 818. The molecule has 1 aliphatic heterocycles. The molecule has 1 aliphatic rings. The molecule has 1 saturated heterocycles. The van der Waals surface area contributed by atoms with Crippen molar-refractivity contribution in [2.45, 2.75) is 71.1 Å². The summed E-state index contributed by atoms with van der Waals surface area (Å²) in [6, 6.07) is 8.06. The highest BCUT2D eigenvalue weighted by molar-refractivity contribution is 7.09. The van der Waals surface area contributed by atoms with Gasteiger partial charge in [-0.25, -0.2) is 4.98 Å². The van der Waals surface area contributed by atoms with Crippen molar-refractivity contribution in [1.82, 2.24) is 14.7 Å². The molecule has 1 N–H and O–H groups in total. The highest BCUT2D eigenvalue weighted by Gasteiger charge is 2.22. The Morgan fingerprint density at radius 3 is 2.75 bits per heavy atom. The van der Waals surface area contributed by atoms with Crippen LogP contribution in [0.25, 0.3) is 0 Å². The van der Waals surface area contributed by atoms with E-state index in [1.165, 1.54) is 43.6 Å². The lowest BCUT2D eigenvalue weighted by atomic mass is 9.97. The van der Waals surface area contributed by atoms with Gasteiger partial charge in [0.25, 0.3) is 0 Å². The van der Waals surface area contributed by atoms with E-state index in [-0.39, 0.29) is 5.91 Å². The molecule has 2 aromatic rings. The lowest BCUT2D eigenvalue weighted by Gasteiger charge is -2.31. The van der Waals surface area contributed by atoms with Crippen molar-refractivity contribution >= 4 is 22.6 Å². The van der Waals surface area contributed by atoms with Crippen LogP contribution in [0.4, 0.5) is 5.13 Å². The van der Waals surface area contributed by atoms with Crippen LogP contribution >= 0.6 is 11.5 Å². The number of amides is 1. The number of hydrogen-bond donors (Lipinski definition) is 1. The predicted octanol–water partition coefficient (Wildman–Crippen LogP) is 5.22. The summed E-state index contributed by atoms with van der Waals surface area (Å²) in [7, 11) is 1.68. The zero-order chi connectivity index (χ0) is 22.6. The van der Waals surface area contributed by atoms with Crippen LogP contribution in [0.5, 0.6) is 5.75 Å². The number of carbonyl (C=O) groups is 1. The van der Waals surface area contributed by atoms with Gasteiger partial charge >= 0.3 is 0 Å². The zero-order valence-corrected chi connectivity index (χ0v) is 20.5. The molecule has 3 rings (SSSR count). The first-order valence-electron chi connectivity index (χ1n) is 12.1. The predicted molar refractivity (Wildman–Crippen MR) is 132 cm³/mol. The number of hydrogen-bond acceptors (Lipinski definition) is 6. The third-order valence-corrected chi connectivity index (χ3v) is 7.00. The van der Waals surface area contributed by atoms with Gasteiger partial charge in [-0.15, -0.1) is 0 Å². The highest BCUT2D eigenvalue weighted by Crippen LogP contribution is 2.25. The maximum absolute atomic E-state index is 12.1. The third kappa shape index (κ3) is 8.08. The number of rotatable bonds is 13. The Kier molecular flexibility index (Phi) is 10.3. The van der Waals surface area contributed by atoms with Crippen LogP contribution in [-0.2, 0) is 11.2 Å². The van der Waals surface area contributed by atoms with E-state index in [9.17, 15) is 4.79 Å². The summed E-state index contributed by atoms with van der Waals surface area (Å²) < 4.78 is 9.87. The monoisotopic (exact) mass is 458 g/mol. The highest BCUT2D eigenvalue weighted by atomic mass is 32.1. The molecule has 0 aliphatic carbocycles. The van der Waals surface area contributed by atoms with Gasteiger partial charge in [0.2, 0.25) is 11.0 Å². The minimum absolute atomic E-state index is 0.217. The molecule has 1 amide bonds. The Morgan fingerprint density at radius 2 is 1.97 bits per heavy atom. The van der Waals surface area contributed by atoms with E-state index in [0.29, 0.717) is 12.3 Å². The van der Waals surface area contributed by atoms with Crippen molar-refractivity contribution in [3.05, 3.63) is 35.7 Å². The van der Waals surface area contributed by atoms with Gasteiger partial charge in [0.1, 0.15) is 11.6 Å². The molecule has 1 aromatic carbocycles. The van der Waals surface area contributed by atoms with Crippen LogP contribution in [0, 0.1) is 5.92 Å². The Morgan fingerprint density at radius 1 is 1.19 bits per heavy atom. The number of nitrogens with zero attached hydrogens (tertiary/aromatic N) is 3. The van der Waals surface area contributed by atoms with E-state index in [0.717, 1.165) is 67.6 Å². The summed E-state index contributed by atoms with van der Waals surface area (Å²) in [5.74, 6) is 2.50. The summed E-state index contributed by atoms with van der Waals surface area (Å²) in [6.07, 6.45) is 10.9. The van der Waals surface area contributed by atoms with Gasteiger partial charge in [-0.2, -0.15) is 4.37 Å².